The number of amides is 1. The average Bonchev–Trinajstić information content (AvgIpc) is 2.38. The fourth-order valence-electron chi connectivity index (χ4n) is 2.07. The standard InChI is InChI=1S/C13H18N2O5/c1-4-5-20-13(19)9(14)11(17)6(2)10-8(7(3)16)12(18)15-10/h4,6-8,10,14,16H,1,5H2,2-3H3,(H,15,18)/t6-,7-,8-,10-/m1/s1. The van der Waals surface area contributed by atoms with Gasteiger partial charge in [0.05, 0.1) is 18.1 Å². The molecule has 1 aliphatic heterocycles. The van der Waals surface area contributed by atoms with Crippen molar-refractivity contribution in [2.75, 3.05) is 6.61 Å². The third-order valence-corrected chi connectivity index (χ3v) is 3.25. The molecule has 1 saturated heterocycles. The molecule has 1 heterocycles. The number of ketones is 1. The second kappa shape index (κ2) is 6.42. The molecule has 1 fully saturated rings. The minimum absolute atomic E-state index is 0.0840. The molecule has 1 aliphatic rings. The quantitative estimate of drug-likeness (QED) is 0.190. The fraction of sp³-hybridized carbons (Fsp3) is 0.538. The summed E-state index contributed by atoms with van der Waals surface area (Å²) in [6, 6.07) is -0.581. The topological polar surface area (TPSA) is 117 Å². The van der Waals surface area contributed by atoms with Gasteiger partial charge in [0.15, 0.2) is 11.5 Å². The Morgan fingerprint density at radius 3 is 2.60 bits per heavy atom. The van der Waals surface area contributed by atoms with Crippen LogP contribution in [-0.4, -0.2) is 47.2 Å². The Kier molecular flexibility index (Phi) is 5.15. The zero-order chi connectivity index (χ0) is 15.4. The van der Waals surface area contributed by atoms with E-state index in [1.54, 1.807) is 0 Å². The maximum Gasteiger partial charge on any atom is 0.360 e. The molecule has 0 spiro atoms. The van der Waals surface area contributed by atoms with Crippen LogP contribution in [-0.2, 0) is 19.1 Å². The molecule has 0 saturated carbocycles. The van der Waals surface area contributed by atoms with Crippen LogP contribution in [0, 0.1) is 17.2 Å². The lowest BCUT2D eigenvalue weighted by Gasteiger charge is -2.41. The number of hydrogen-bond donors (Lipinski definition) is 3. The summed E-state index contributed by atoms with van der Waals surface area (Å²) in [6.45, 7) is 6.22. The van der Waals surface area contributed by atoms with Crippen molar-refractivity contribution >= 4 is 23.4 Å². The van der Waals surface area contributed by atoms with Crippen molar-refractivity contribution in [3.63, 3.8) is 0 Å². The van der Waals surface area contributed by atoms with E-state index in [2.05, 4.69) is 16.6 Å². The summed E-state index contributed by atoms with van der Waals surface area (Å²) in [4.78, 5) is 34.7. The summed E-state index contributed by atoms with van der Waals surface area (Å²) in [5, 5.41) is 19.5. The average molecular weight is 282 g/mol. The van der Waals surface area contributed by atoms with Crippen molar-refractivity contribution in [2.24, 2.45) is 11.8 Å². The number of carbonyl (C=O) groups excluding carboxylic acids is 3. The SMILES string of the molecule is C=CCOC(=O)C(=N)C(=O)[C@H](C)[C@H]1NC(=O)[C@@H]1[C@@H](C)O. The van der Waals surface area contributed by atoms with Crippen LogP contribution in [0.1, 0.15) is 13.8 Å². The molecule has 1 amide bonds. The van der Waals surface area contributed by atoms with Gasteiger partial charge >= 0.3 is 5.97 Å². The van der Waals surface area contributed by atoms with Crippen molar-refractivity contribution in [1.29, 1.82) is 5.41 Å². The highest BCUT2D eigenvalue weighted by atomic mass is 16.5. The van der Waals surface area contributed by atoms with E-state index in [0.717, 1.165) is 0 Å². The van der Waals surface area contributed by atoms with E-state index in [1.165, 1.54) is 19.9 Å². The second-order valence-corrected chi connectivity index (χ2v) is 4.72. The van der Waals surface area contributed by atoms with Gasteiger partial charge in [-0.2, -0.15) is 0 Å². The van der Waals surface area contributed by atoms with Gasteiger partial charge in [0, 0.05) is 5.92 Å². The molecule has 7 heteroatoms. The maximum atomic E-state index is 12.0. The van der Waals surface area contributed by atoms with Crippen LogP contribution in [0.2, 0.25) is 0 Å². The van der Waals surface area contributed by atoms with Crippen LogP contribution in [0.15, 0.2) is 12.7 Å². The van der Waals surface area contributed by atoms with E-state index in [4.69, 9.17) is 5.41 Å². The predicted molar refractivity (Wildman–Crippen MR) is 70.2 cm³/mol. The van der Waals surface area contributed by atoms with Crippen LogP contribution in [0.3, 0.4) is 0 Å². The van der Waals surface area contributed by atoms with Gasteiger partial charge in [-0.05, 0) is 6.92 Å². The van der Waals surface area contributed by atoms with Crippen LogP contribution in [0.4, 0.5) is 0 Å². The first kappa shape index (κ1) is 16.0. The summed E-state index contributed by atoms with van der Waals surface area (Å²) < 4.78 is 4.61. The minimum atomic E-state index is -1.03. The van der Waals surface area contributed by atoms with Crippen molar-refractivity contribution < 1.29 is 24.2 Å². The summed E-state index contributed by atoms with van der Waals surface area (Å²) >= 11 is 0. The highest BCUT2D eigenvalue weighted by Gasteiger charge is 2.48. The largest absolute Gasteiger partial charge is 0.457 e. The van der Waals surface area contributed by atoms with Gasteiger partial charge in [-0.3, -0.25) is 15.0 Å². The van der Waals surface area contributed by atoms with Gasteiger partial charge < -0.3 is 15.2 Å². The first-order chi connectivity index (χ1) is 9.31. The van der Waals surface area contributed by atoms with Crippen LogP contribution >= 0.6 is 0 Å². The lowest BCUT2D eigenvalue weighted by Crippen LogP contribution is -2.65. The number of aliphatic hydroxyl groups is 1. The molecule has 0 radical (unpaired) electrons. The van der Waals surface area contributed by atoms with Crippen molar-refractivity contribution in [2.45, 2.75) is 26.0 Å². The van der Waals surface area contributed by atoms with E-state index in [0.29, 0.717) is 0 Å². The molecule has 3 N–H and O–H groups in total. The Morgan fingerprint density at radius 2 is 2.15 bits per heavy atom. The Balaban J connectivity index is 2.68. The van der Waals surface area contributed by atoms with Gasteiger partial charge in [0.1, 0.15) is 6.61 Å². The summed E-state index contributed by atoms with van der Waals surface area (Å²) in [5.41, 5.74) is -0.773. The number of Topliss-reactive ketones (excluding diaryl/α,β-unsaturated/α-hetero) is 1. The van der Waals surface area contributed by atoms with Crippen molar-refractivity contribution in [3.8, 4) is 0 Å². The summed E-state index contributed by atoms with van der Waals surface area (Å²) in [5.74, 6) is -3.58. The Labute approximate surface area is 116 Å². The smallest absolute Gasteiger partial charge is 0.360 e. The molecule has 1 rings (SSSR count). The van der Waals surface area contributed by atoms with Gasteiger partial charge in [-0.15, -0.1) is 0 Å². The zero-order valence-electron chi connectivity index (χ0n) is 11.4. The monoisotopic (exact) mass is 282 g/mol. The normalized spacial score (nSPS) is 23.9. The van der Waals surface area contributed by atoms with E-state index < -0.39 is 41.4 Å². The number of ether oxygens (including phenoxy) is 1. The van der Waals surface area contributed by atoms with Crippen molar-refractivity contribution in [1.82, 2.24) is 5.32 Å². The molecule has 0 unspecified atom stereocenters. The zero-order valence-corrected chi connectivity index (χ0v) is 11.4. The molecular weight excluding hydrogens is 264 g/mol. The third-order valence-electron chi connectivity index (χ3n) is 3.25. The first-order valence-corrected chi connectivity index (χ1v) is 6.20. The van der Waals surface area contributed by atoms with Crippen molar-refractivity contribution in [3.05, 3.63) is 12.7 Å². The number of esters is 1. The Bertz CT molecular complexity index is 458. The molecular formula is C13H18N2O5. The maximum absolute atomic E-state index is 12.0. The number of β-lactam (4-membered cyclic amide) rings is 1. The number of hydrogen-bond acceptors (Lipinski definition) is 6. The third kappa shape index (κ3) is 3.11. The molecule has 0 bridgehead atoms. The van der Waals surface area contributed by atoms with Gasteiger partial charge in [0.25, 0.3) is 0 Å². The van der Waals surface area contributed by atoms with Gasteiger partial charge in [0.2, 0.25) is 5.91 Å². The Hall–Kier alpha value is -2.02. The lowest BCUT2D eigenvalue weighted by atomic mass is 9.76. The number of rotatable bonds is 7. The number of nitrogens with one attached hydrogen (secondary N) is 2. The van der Waals surface area contributed by atoms with Gasteiger partial charge in [-0.25, -0.2) is 4.79 Å². The van der Waals surface area contributed by atoms with E-state index in [9.17, 15) is 19.5 Å². The van der Waals surface area contributed by atoms with E-state index in [1.807, 2.05) is 0 Å². The molecule has 110 valence electrons. The van der Waals surface area contributed by atoms with E-state index in [-0.39, 0.29) is 12.5 Å². The molecule has 0 aromatic rings. The van der Waals surface area contributed by atoms with E-state index >= 15 is 0 Å². The minimum Gasteiger partial charge on any atom is -0.457 e. The fourth-order valence-corrected chi connectivity index (χ4v) is 2.07. The first-order valence-electron chi connectivity index (χ1n) is 6.20. The number of carbonyl (C=O) groups is 3. The molecule has 20 heavy (non-hydrogen) atoms. The molecule has 4 atom stereocenters. The summed E-state index contributed by atoms with van der Waals surface area (Å²) in [7, 11) is 0. The predicted octanol–water partition coefficient (Wildman–Crippen LogP) is -0.564. The molecule has 0 aromatic heterocycles. The molecule has 0 aliphatic carbocycles. The highest BCUT2D eigenvalue weighted by molar-refractivity contribution is 6.63. The Morgan fingerprint density at radius 1 is 1.55 bits per heavy atom. The summed E-state index contributed by atoms with van der Waals surface area (Å²) in [6.07, 6.45) is 0.431. The lowest BCUT2D eigenvalue weighted by molar-refractivity contribution is -0.143. The second-order valence-electron chi connectivity index (χ2n) is 4.72. The molecule has 7 nitrogen and oxygen atoms in total. The van der Waals surface area contributed by atoms with Crippen LogP contribution in [0.5, 0.6) is 0 Å². The van der Waals surface area contributed by atoms with Gasteiger partial charge in [-0.1, -0.05) is 19.6 Å². The van der Waals surface area contributed by atoms with Crippen LogP contribution < -0.4 is 5.32 Å². The highest BCUT2D eigenvalue weighted by Crippen LogP contribution is 2.26. The van der Waals surface area contributed by atoms with Crippen LogP contribution in [0.25, 0.3) is 0 Å². The molecule has 0 aromatic carbocycles. The number of aliphatic hydroxyl groups excluding tert-OH is 1.